The monoisotopic (exact) mass is 308 g/mol. The van der Waals surface area contributed by atoms with E-state index in [9.17, 15) is 4.39 Å². The number of piperazine rings is 1. The van der Waals surface area contributed by atoms with Gasteiger partial charge >= 0.3 is 0 Å². The summed E-state index contributed by atoms with van der Waals surface area (Å²) in [5, 5.41) is 8.17. The second-order valence-corrected chi connectivity index (χ2v) is 6.19. The quantitative estimate of drug-likeness (QED) is 0.738. The first kappa shape index (κ1) is 14.6. The molecule has 0 radical (unpaired) electrons. The van der Waals surface area contributed by atoms with Crippen molar-refractivity contribution in [3.8, 4) is 0 Å². The van der Waals surface area contributed by atoms with Crippen molar-refractivity contribution in [2.75, 3.05) is 32.9 Å². The van der Waals surface area contributed by atoms with Crippen LogP contribution >= 0.6 is 0 Å². The van der Waals surface area contributed by atoms with Gasteiger partial charge in [0.05, 0.1) is 6.04 Å². The van der Waals surface area contributed by atoms with Crippen LogP contribution in [0.3, 0.4) is 0 Å². The number of halogens is 1. The SMILES string of the molecule is FC[C@H](c1cc2ccccc2c2ccccc12)N1CCNCC1. The Morgan fingerprint density at radius 1 is 0.913 bits per heavy atom. The van der Waals surface area contributed by atoms with Crippen LogP contribution in [0.15, 0.2) is 54.6 Å². The maximum absolute atomic E-state index is 14.0. The molecule has 1 atom stereocenters. The Kier molecular flexibility index (Phi) is 3.98. The summed E-state index contributed by atoms with van der Waals surface area (Å²) < 4.78 is 14.0. The summed E-state index contributed by atoms with van der Waals surface area (Å²) in [4.78, 5) is 2.27. The predicted molar refractivity (Wildman–Crippen MR) is 94.6 cm³/mol. The Labute approximate surface area is 135 Å². The van der Waals surface area contributed by atoms with Gasteiger partial charge in [0.15, 0.2) is 0 Å². The smallest absolute Gasteiger partial charge is 0.109 e. The van der Waals surface area contributed by atoms with Crippen molar-refractivity contribution in [3.05, 3.63) is 60.2 Å². The number of benzene rings is 3. The molecule has 4 rings (SSSR count). The maximum Gasteiger partial charge on any atom is 0.109 e. The molecule has 3 aromatic carbocycles. The van der Waals surface area contributed by atoms with E-state index in [-0.39, 0.29) is 12.7 Å². The standard InChI is InChI=1S/C20H21FN2/c21-14-20(23-11-9-22-10-12-23)19-13-15-5-1-2-6-16(15)17-7-3-4-8-18(17)19/h1-8,13,20,22H,9-12,14H2/t20-/m1/s1. The van der Waals surface area contributed by atoms with Gasteiger partial charge in [-0.2, -0.15) is 0 Å². The lowest BCUT2D eigenvalue weighted by Crippen LogP contribution is -2.45. The van der Waals surface area contributed by atoms with E-state index >= 15 is 0 Å². The lowest BCUT2D eigenvalue weighted by molar-refractivity contribution is 0.148. The molecule has 0 unspecified atom stereocenters. The second kappa shape index (κ2) is 6.26. The zero-order valence-corrected chi connectivity index (χ0v) is 13.1. The Balaban J connectivity index is 1.92. The molecule has 1 fully saturated rings. The predicted octanol–water partition coefficient (Wildman–Crippen LogP) is 3.91. The summed E-state index contributed by atoms with van der Waals surface area (Å²) >= 11 is 0. The van der Waals surface area contributed by atoms with E-state index in [2.05, 4.69) is 58.7 Å². The molecule has 23 heavy (non-hydrogen) atoms. The van der Waals surface area contributed by atoms with Gasteiger partial charge in [-0.15, -0.1) is 0 Å². The van der Waals surface area contributed by atoms with Gasteiger partial charge in [-0.05, 0) is 33.2 Å². The Morgan fingerprint density at radius 2 is 1.57 bits per heavy atom. The van der Waals surface area contributed by atoms with Crippen LogP contribution in [-0.4, -0.2) is 37.8 Å². The van der Waals surface area contributed by atoms with Crippen molar-refractivity contribution in [2.45, 2.75) is 6.04 Å². The molecular weight excluding hydrogens is 287 g/mol. The molecule has 0 aliphatic carbocycles. The van der Waals surface area contributed by atoms with Crippen LogP contribution < -0.4 is 5.32 Å². The Bertz CT molecular complexity index is 824. The van der Waals surface area contributed by atoms with E-state index < -0.39 is 0 Å². The minimum absolute atomic E-state index is 0.161. The van der Waals surface area contributed by atoms with E-state index in [4.69, 9.17) is 0 Å². The van der Waals surface area contributed by atoms with Crippen molar-refractivity contribution in [1.82, 2.24) is 10.2 Å². The first-order chi connectivity index (χ1) is 11.4. The molecule has 0 aromatic heterocycles. The topological polar surface area (TPSA) is 15.3 Å². The van der Waals surface area contributed by atoms with Crippen molar-refractivity contribution in [1.29, 1.82) is 0 Å². The first-order valence-electron chi connectivity index (χ1n) is 8.29. The largest absolute Gasteiger partial charge is 0.314 e. The molecular formula is C20H21FN2. The van der Waals surface area contributed by atoms with Gasteiger partial charge in [0.2, 0.25) is 0 Å². The first-order valence-corrected chi connectivity index (χ1v) is 8.29. The van der Waals surface area contributed by atoms with Gasteiger partial charge in [0, 0.05) is 26.2 Å². The lowest BCUT2D eigenvalue weighted by atomic mass is 9.93. The summed E-state index contributed by atoms with van der Waals surface area (Å²) in [6, 6.07) is 18.8. The van der Waals surface area contributed by atoms with Crippen molar-refractivity contribution < 1.29 is 4.39 Å². The molecule has 118 valence electrons. The number of nitrogens with one attached hydrogen (secondary N) is 1. The molecule has 1 aliphatic rings. The van der Waals surface area contributed by atoms with E-state index in [0.29, 0.717) is 0 Å². The second-order valence-electron chi connectivity index (χ2n) is 6.19. The zero-order valence-electron chi connectivity index (χ0n) is 13.1. The molecule has 1 aliphatic heterocycles. The minimum atomic E-state index is -0.345. The number of hydrogen-bond acceptors (Lipinski definition) is 2. The highest BCUT2D eigenvalue weighted by molar-refractivity contribution is 6.09. The Hall–Kier alpha value is -1.97. The fraction of sp³-hybridized carbons (Fsp3) is 0.300. The highest BCUT2D eigenvalue weighted by Gasteiger charge is 2.24. The van der Waals surface area contributed by atoms with E-state index in [1.807, 2.05) is 6.07 Å². The Morgan fingerprint density at radius 3 is 2.30 bits per heavy atom. The number of rotatable bonds is 3. The van der Waals surface area contributed by atoms with Gasteiger partial charge in [-0.1, -0.05) is 48.5 Å². The van der Waals surface area contributed by atoms with Crippen molar-refractivity contribution in [3.63, 3.8) is 0 Å². The summed E-state index contributed by atoms with van der Waals surface area (Å²) in [5.74, 6) is 0. The third-order valence-electron chi connectivity index (χ3n) is 4.90. The van der Waals surface area contributed by atoms with Crippen LogP contribution in [0.1, 0.15) is 11.6 Å². The van der Waals surface area contributed by atoms with Crippen molar-refractivity contribution in [2.24, 2.45) is 0 Å². The zero-order chi connectivity index (χ0) is 15.6. The summed E-state index contributed by atoms with van der Waals surface area (Å²) in [6.45, 7) is 3.32. The van der Waals surface area contributed by atoms with Gasteiger partial charge in [-0.3, -0.25) is 4.90 Å². The van der Waals surface area contributed by atoms with Gasteiger partial charge < -0.3 is 5.32 Å². The average molecular weight is 308 g/mol. The molecule has 0 saturated carbocycles. The number of alkyl halides is 1. The van der Waals surface area contributed by atoms with E-state index in [1.165, 1.54) is 21.5 Å². The maximum atomic E-state index is 14.0. The van der Waals surface area contributed by atoms with Crippen LogP contribution in [0.5, 0.6) is 0 Å². The van der Waals surface area contributed by atoms with Crippen LogP contribution in [0.25, 0.3) is 21.5 Å². The minimum Gasteiger partial charge on any atom is -0.314 e. The van der Waals surface area contributed by atoms with Gasteiger partial charge in [-0.25, -0.2) is 4.39 Å². The normalized spacial score (nSPS) is 17.6. The van der Waals surface area contributed by atoms with E-state index in [0.717, 1.165) is 31.7 Å². The third kappa shape index (κ3) is 2.60. The average Bonchev–Trinajstić information content (AvgIpc) is 2.63. The molecule has 2 nitrogen and oxygen atoms in total. The number of nitrogens with zero attached hydrogens (tertiary/aromatic N) is 1. The summed E-state index contributed by atoms with van der Waals surface area (Å²) in [6.07, 6.45) is 0. The molecule has 0 amide bonds. The van der Waals surface area contributed by atoms with Crippen LogP contribution in [0.4, 0.5) is 4.39 Å². The third-order valence-corrected chi connectivity index (χ3v) is 4.90. The van der Waals surface area contributed by atoms with Gasteiger partial charge in [0.1, 0.15) is 6.67 Å². The fourth-order valence-corrected chi connectivity index (χ4v) is 3.73. The number of hydrogen-bond donors (Lipinski definition) is 1. The molecule has 1 N–H and O–H groups in total. The van der Waals surface area contributed by atoms with Crippen LogP contribution in [0.2, 0.25) is 0 Å². The summed E-state index contributed by atoms with van der Waals surface area (Å²) in [5.41, 5.74) is 1.11. The number of fused-ring (bicyclic) bond motifs is 3. The van der Waals surface area contributed by atoms with E-state index in [1.54, 1.807) is 0 Å². The fourth-order valence-electron chi connectivity index (χ4n) is 3.73. The lowest BCUT2D eigenvalue weighted by Gasteiger charge is -2.34. The molecule has 0 bridgehead atoms. The molecule has 1 heterocycles. The van der Waals surface area contributed by atoms with Crippen molar-refractivity contribution >= 4 is 21.5 Å². The molecule has 0 spiro atoms. The van der Waals surface area contributed by atoms with Crippen LogP contribution in [0, 0.1) is 0 Å². The molecule has 3 aromatic rings. The highest BCUT2D eigenvalue weighted by Crippen LogP contribution is 2.34. The molecule has 3 heteroatoms. The molecule has 1 saturated heterocycles. The van der Waals surface area contributed by atoms with Crippen LogP contribution in [-0.2, 0) is 0 Å². The summed E-state index contributed by atoms with van der Waals surface area (Å²) in [7, 11) is 0. The van der Waals surface area contributed by atoms with Gasteiger partial charge in [0.25, 0.3) is 0 Å². The highest BCUT2D eigenvalue weighted by atomic mass is 19.1.